The number of furan rings is 1. The summed E-state index contributed by atoms with van der Waals surface area (Å²) in [5.74, 6) is -0.811. The van der Waals surface area contributed by atoms with Gasteiger partial charge >= 0.3 is 5.97 Å². The van der Waals surface area contributed by atoms with E-state index in [2.05, 4.69) is 9.72 Å². The smallest absolute Gasteiger partial charge is 0.373 e. The lowest BCUT2D eigenvalue weighted by molar-refractivity contribution is 0.0563. The highest BCUT2D eigenvalue weighted by atomic mass is 16.5. The van der Waals surface area contributed by atoms with Gasteiger partial charge in [0.25, 0.3) is 0 Å². The van der Waals surface area contributed by atoms with Gasteiger partial charge in [-0.2, -0.15) is 0 Å². The molecule has 0 spiro atoms. The van der Waals surface area contributed by atoms with Gasteiger partial charge in [-0.05, 0) is 36.4 Å². The number of hydrogen-bond donors (Lipinski definition) is 0. The van der Waals surface area contributed by atoms with Crippen molar-refractivity contribution in [3.8, 4) is 0 Å². The Bertz CT molecular complexity index is 835. The minimum atomic E-state index is -0.614. The van der Waals surface area contributed by atoms with Crippen LogP contribution in [0.5, 0.6) is 0 Å². The van der Waals surface area contributed by atoms with Crippen molar-refractivity contribution in [3.05, 3.63) is 65.7 Å². The Morgan fingerprint density at radius 3 is 2.71 bits per heavy atom. The number of aromatic nitrogens is 1. The molecule has 0 aliphatic carbocycles. The monoisotopic (exact) mass is 281 g/mol. The van der Waals surface area contributed by atoms with Crippen LogP contribution in [-0.4, -0.2) is 23.8 Å². The highest BCUT2D eigenvalue weighted by Crippen LogP contribution is 2.18. The summed E-state index contributed by atoms with van der Waals surface area (Å²) >= 11 is 0. The van der Waals surface area contributed by atoms with Crippen molar-refractivity contribution in [3.63, 3.8) is 0 Å². The van der Waals surface area contributed by atoms with Crippen LogP contribution in [0.2, 0.25) is 0 Å². The fraction of sp³-hybridized carbons (Fsp3) is 0.0625. The van der Waals surface area contributed by atoms with Crippen LogP contribution in [0.1, 0.15) is 26.7 Å². The van der Waals surface area contributed by atoms with Gasteiger partial charge in [-0.25, -0.2) is 4.79 Å². The largest absolute Gasteiger partial charge is 0.463 e. The van der Waals surface area contributed by atoms with Gasteiger partial charge in [0.05, 0.1) is 12.6 Å². The average Bonchev–Trinajstić information content (AvgIpc) is 3.03. The van der Waals surface area contributed by atoms with E-state index >= 15 is 0 Å². The van der Waals surface area contributed by atoms with Gasteiger partial charge in [-0.1, -0.05) is 6.07 Å². The average molecular weight is 281 g/mol. The van der Waals surface area contributed by atoms with Crippen LogP contribution >= 0.6 is 0 Å². The first-order chi connectivity index (χ1) is 10.2. The maximum absolute atomic E-state index is 12.3. The number of methoxy groups -OCH3 is 1. The summed E-state index contributed by atoms with van der Waals surface area (Å²) in [5, 5.41) is 0.864. The standard InChI is InChI=1S/C16H11NO4/c1-20-16(19)14-7-6-13(21-14)15(18)11-4-5-12-10(9-11)3-2-8-17-12/h2-9H,1H3. The molecule has 21 heavy (non-hydrogen) atoms. The summed E-state index contributed by atoms with van der Waals surface area (Å²) in [6, 6.07) is 11.7. The van der Waals surface area contributed by atoms with Crippen molar-refractivity contribution in [1.82, 2.24) is 4.98 Å². The van der Waals surface area contributed by atoms with Crippen LogP contribution in [0.3, 0.4) is 0 Å². The topological polar surface area (TPSA) is 69.4 Å². The van der Waals surface area contributed by atoms with Crippen molar-refractivity contribution < 1.29 is 18.7 Å². The van der Waals surface area contributed by atoms with Gasteiger partial charge in [-0.15, -0.1) is 0 Å². The third kappa shape index (κ3) is 2.41. The molecule has 0 fully saturated rings. The van der Waals surface area contributed by atoms with E-state index < -0.39 is 5.97 Å². The fourth-order valence-electron chi connectivity index (χ4n) is 2.03. The molecule has 5 heteroatoms. The van der Waals surface area contributed by atoms with Crippen LogP contribution in [0.4, 0.5) is 0 Å². The number of ether oxygens (including phenoxy) is 1. The lowest BCUT2D eigenvalue weighted by Crippen LogP contribution is -2.01. The third-order valence-corrected chi connectivity index (χ3v) is 3.08. The third-order valence-electron chi connectivity index (χ3n) is 3.08. The van der Waals surface area contributed by atoms with E-state index in [1.807, 2.05) is 6.07 Å². The van der Waals surface area contributed by atoms with Crippen molar-refractivity contribution in [2.24, 2.45) is 0 Å². The SMILES string of the molecule is COC(=O)c1ccc(C(=O)c2ccc3ncccc3c2)o1. The predicted octanol–water partition coefficient (Wildman–Crippen LogP) is 2.85. The van der Waals surface area contributed by atoms with E-state index in [0.717, 1.165) is 10.9 Å². The van der Waals surface area contributed by atoms with Crippen molar-refractivity contribution in [2.75, 3.05) is 7.11 Å². The number of carbonyl (C=O) groups is 2. The molecule has 0 radical (unpaired) electrons. The molecular formula is C16H11NO4. The molecule has 0 aliphatic heterocycles. The quantitative estimate of drug-likeness (QED) is 0.545. The molecule has 5 nitrogen and oxygen atoms in total. The summed E-state index contributed by atoms with van der Waals surface area (Å²) in [4.78, 5) is 27.9. The molecule has 2 heterocycles. The molecule has 0 bridgehead atoms. The second kappa shape index (κ2) is 5.20. The lowest BCUT2D eigenvalue weighted by Gasteiger charge is -2.01. The van der Waals surface area contributed by atoms with Crippen LogP contribution in [0.25, 0.3) is 10.9 Å². The Kier molecular flexibility index (Phi) is 3.23. The minimum Gasteiger partial charge on any atom is -0.463 e. The van der Waals surface area contributed by atoms with E-state index in [0.29, 0.717) is 5.56 Å². The zero-order chi connectivity index (χ0) is 14.8. The second-order valence-electron chi connectivity index (χ2n) is 4.40. The van der Waals surface area contributed by atoms with Crippen LogP contribution < -0.4 is 0 Å². The second-order valence-corrected chi connectivity index (χ2v) is 4.40. The molecule has 0 unspecified atom stereocenters. The Morgan fingerprint density at radius 2 is 1.90 bits per heavy atom. The lowest BCUT2D eigenvalue weighted by atomic mass is 10.1. The highest BCUT2D eigenvalue weighted by molar-refractivity contribution is 6.09. The van der Waals surface area contributed by atoms with E-state index in [1.54, 1.807) is 30.5 Å². The molecule has 0 saturated heterocycles. The Hall–Kier alpha value is -2.95. The minimum absolute atomic E-state index is 0.00306. The summed E-state index contributed by atoms with van der Waals surface area (Å²) in [6.07, 6.45) is 1.69. The molecule has 3 rings (SSSR count). The normalized spacial score (nSPS) is 10.5. The number of carbonyl (C=O) groups excluding carboxylic acids is 2. The first-order valence-corrected chi connectivity index (χ1v) is 6.26. The van der Waals surface area contributed by atoms with Crippen molar-refractivity contribution in [1.29, 1.82) is 0 Å². The van der Waals surface area contributed by atoms with Gasteiger partial charge in [0.1, 0.15) is 0 Å². The van der Waals surface area contributed by atoms with Crippen LogP contribution in [0, 0.1) is 0 Å². The van der Waals surface area contributed by atoms with Crippen LogP contribution in [-0.2, 0) is 4.74 Å². The molecular weight excluding hydrogens is 270 g/mol. The molecule has 1 aromatic carbocycles. The number of nitrogens with zero attached hydrogens (tertiary/aromatic N) is 1. The maximum atomic E-state index is 12.3. The summed E-state index contributed by atoms with van der Waals surface area (Å²) < 4.78 is 9.77. The molecule has 0 aliphatic rings. The van der Waals surface area contributed by atoms with Gasteiger partial charge < -0.3 is 9.15 Å². The number of rotatable bonds is 3. The first kappa shape index (κ1) is 13.1. The van der Waals surface area contributed by atoms with Gasteiger partial charge in [0, 0.05) is 17.1 Å². The van der Waals surface area contributed by atoms with Gasteiger partial charge in [-0.3, -0.25) is 9.78 Å². The number of benzene rings is 1. The molecule has 3 aromatic rings. The van der Waals surface area contributed by atoms with Crippen LogP contribution in [0.15, 0.2) is 53.1 Å². The highest BCUT2D eigenvalue weighted by Gasteiger charge is 2.17. The van der Waals surface area contributed by atoms with E-state index in [4.69, 9.17) is 4.42 Å². The van der Waals surface area contributed by atoms with E-state index in [1.165, 1.54) is 19.2 Å². The zero-order valence-corrected chi connectivity index (χ0v) is 11.2. The van der Waals surface area contributed by atoms with Crippen molar-refractivity contribution in [2.45, 2.75) is 0 Å². The number of esters is 1. The maximum Gasteiger partial charge on any atom is 0.373 e. The number of hydrogen-bond acceptors (Lipinski definition) is 5. The molecule has 0 N–H and O–H groups in total. The van der Waals surface area contributed by atoms with E-state index in [-0.39, 0.29) is 17.3 Å². The molecule has 0 atom stereocenters. The van der Waals surface area contributed by atoms with Crippen molar-refractivity contribution >= 4 is 22.7 Å². The first-order valence-electron chi connectivity index (χ1n) is 6.26. The number of pyridine rings is 1. The molecule has 104 valence electrons. The van der Waals surface area contributed by atoms with Gasteiger partial charge in [0.15, 0.2) is 5.76 Å². The molecule has 0 saturated carbocycles. The number of ketones is 1. The Balaban J connectivity index is 1.96. The molecule has 2 aromatic heterocycles. The summed E-state index contributed by atoms with van der Waals surface area (Å²) in [7, 11) is 1.25. The predicted molar refractivity (Wildman–Crippen MR) is 75.2 cm³/mol. The Morgan fingerprint density at radius 1 is 1.10 bits per heavy atom. The van der Waals surface area contributed by atoms with Gasteiger partial charge in [0.2, 0.25) is 11.5 Å². The molecule has 0 amide bonds. The van der Waals surface area contributed by atoms with E-state index in [9.17, 15) is 9.59 Å². The fourth-order valence-corrected chi connectivity index (χ4v) is 2.03. The summed E-state index contributed by atoms with van der Waals surface area (Å²) in [6.45, 7) is 0. The number of fused-ring (bicyclic) bond motifs is 1. The zero-order valence-electron chi connectivity index (χ0n) is 11.2. The Labute approximate surface area is 120 Å². The summed E-state index contributed by atoms with van der Waals surface area (Å²) in [5.41, 5.74) is 1.28.